The van der Waals surface area contributed by atoms with Gasteiger partial charge in [0.15, 0.2) is 6.61 Å². The van der Waals surface area contributed by atoms with Crippen LogP contribution in [0.3, 0.4) is 0 Å². The second-order valence-corrected chi connectivity index (χ2v) is 7.03. The average Bonchev–Trinajstić information content (AvgIpc) is 2.88. The van der Waals surface area contributed by atoms with Gasteiger partial charge in [0.25, 0.3) is 5.91 Å². The van der Waals surface area contributed by atoms with Crippen LogP contribution in [-0.2, 0) is 23.9 Å². The van der Waals surface area contributed by atoms with Gasteiger partial charge in [0, 0.05) is 5.02 Å². The molecule has 1 saturated carbocycles. The van der Waals surface area contributed by atoms with Gasteiger partial charge in [-0.3, -0.25) is 24.1 Å². The Morgan fingerprint density at radius 2 is 1.81 bits per heavy atom. The van der Waals surface area contributed by atoms with Crippen molar-refractivity contribution in [1.82, 2.24) is 4.90 Å². The Hall–Kier alpha value is -2.48. The van der Waals surface area contributed by atoms with Crippen LogP contribution < -0.4 is 5.32 Å². The Kier molecular flexibility index (Phi) is 5.74. The number of carbonyl (C=O) groups is 4. The summed E-state index contributed by atoms with van der Waals surface area (Å²) in [5, 5.41) is 2.47. The molecule has 1 N–H and O–H groups in total. The van der Waals surface area contributed by atoms with E-state index in [1.165, 1.54) is 12.1 Å². The molecule has 3 rings (SSSR count). The van der Waals surface area contributed by atoms with Gasteiger partial charge in [-0.1, -0.05) is 24.4 Å². The van der Waals surface area contributed by atoms with Crippen LogP contribution in [0.15, 0.2) is 18.2 Å². The molecular weight excluding hydrogens is 379 g/mol. The van der Waals surface area contributed by atoms with E-state index in [-0.39, 0.29) is 34.4 Å². The minimum atomic E-state index is -0.878. The number of ether oxygens (including phenoxy) is 1. The van der Waals surface area contributed by atoms with Crippen molar-refractivity contribution in [2.24, 2.45) is 11.8 Å². The zero-order valence-electron chi connectivity index (χ0n) is 14.4. The number of hydrogen-bond acceptors (Lipinski definition) is 5. The highest BCUT2D eigenvalue weighted by Gasteiger charge is 2.48. The number of likely N-dealkylation sites (tertiary alicyclic amines) is 1. The SMILES string of the molecule is O=C(COC(=O)CN1C(=O)[C@H]2CCCC[C@@H]2C1=O)Nc1cc(Cl)ccc1F. The van der Waals surface area contributed by atoms with Gasteiger partial charge in [0.1, 0.15) is 12.4 Å². The summed E-state index contributed by atoms with van der Waals surface area (Å²) < 4.78 is 18.4. The molecule has 1 aromatic carbocycles. The predicted octanol–water partition coefficient (Wildman–Crippen LogP) is 2.14. The van der Waals surface area contributed by atoms with Gasteiger partial charge in [-0.2, -0.15) is 0 Å². The number of hydrogen-bond donors (Lipinski definition) is 1. The van der Waals surface area contributed by atoms with Crippen molar-refractivity contribution in [1.29, 1.82) is 0 Å². The average molecular weight is 397 g/mol. The highest BCUT2D eigenvalue weighted by Crippen LogP contribution is 2.37. The van der Waals surface area contributed by atoms with Crippen LogP contribution in [0, 0.1) is 17.7 Å². The lowest BCUT2D eigenvalue weighted by Crippen LogP contribution is -2.37. The van der Waals surface area contributed by atoms with E-state index in [1.54, 1.807) is 0 Å². The van der Waals surface area contributed by atoms with Crippen LogP contribution in [0.2, 0.25) is 5.02 Å². The molecule has 0 spiro atoms. The van der Waals surface area contributed by atoms with E-state index >= 15 is 0 Å². The number of anilines is 1. The second kappa shape index (κ2) is 8.04. The van der Waals surface area contributed by atoms with Gasteiger partial charge >= 0.3 is 5.97 Å². The molecule has 144 valence electrons. The first-order valence-electron chi connectivity index (χ1n) is 8.62. The largest absolute Gasteiger partial charge is 0.454 e. The van der Waals surface area contributed by atoms with Gasteiger partial charge in [-0.25, -0.2) is 4.39 Å². The van der Waals surface area contributed by atoms with Crippen LogP contribution in [0.25, 0.3) is 0 Å². The van der Waals surface area contributed by atoms with Crippen LogP contribution in [0.1, 0.15) is 25.7 Å². The molecule has 0 bridgehead atoms. The lowest BCUT2D eigenvalue weighted by molar-refractivity contribution is -0.154. The van der Waals surface area contributed by atoms with E-state index in [0.29, 0.717) is 12.8 Å². The molecule has 1 aromatic rings. The number of esters is 1. The molecule has 0 unspecified atom stereocenters. The maximum Gasteiger partial charge on any atom is 0.326 e. The number of carbonyl (C=O) groups excluding carboxylic acids is 4. The third-order valence-corrected chi connectivity index (χ3v) is 5.02. The Morgan fingerprint density at radius 3 is 2.44 bits per heavy atom. The first-order valence-corrected chi connectivity index (χ1v) is 9.00. The number of rotatable bonds is 5. The first kappa shape index (κ1) is 19.3. The molecular formula is C18H18ClFN2O5. The molecule has 2 fully saturated rings. The van der Waals surface area contributed by atoms with E-state index in [9.17, 15) is 23.6 Å². The summed E-state index contributed by atoms with van der Waals surface area (Å²) in [5.74, 6) is -3.75. The van der Waals surface area contributed by atoms with E-state index in [0.717, 1.165) is 23.8 Å². The van der Waals surface area contributed by atoms with Gasteiger partial charge < -0.3 is 10.1 Å². The molecule has 27 heavy (non-hydrogen) atoms. The summed E-state index contributed by atoms with van der Waals surface area (Å²) in [6.07, 6.45) is 3.07. The van der Waals surface area contributed by atoms with Crippen LogP contribution in [0.4, 0.5) is 10.1 Å². The standard InChI is InChI=1S/C18H18ClFN2O5/c19-10-5-6-13(20)14(7-10)21-15(23)9-27-16(24)8-22-17(25)11-3-1-2-4-12(11)18(22)26/h5-7,11-12H,1-4,8-9H2,(H,21,23)/t11-,12-/m0/s1. The Balaban J connectivity index is 1.51. The van der Waals surface area contributed by atoms with Gasteiger partial charge in [-0.05, 0) is 31.0 Å². The zero-order valence-corrected chi connectivity index (χ0v) is 15.1. The lowest BCUT2D eigenvalue weighted by Gasteiger charge is -2.19. The quantitative estimate of drug-likeness (QED) is 0.608. The maximum atomic E-state index is 13.6. The summed E-state index contributed by atoms with van der Waals surface area (Å²) >= 11 is 5.73. The highest BCUT2D eigenvalue weighted by atomic mass is 35.5. The number of benzene rings is 1. The first-order chi connectivity index (χ1) is 12.9. The zero-order chi connectivity index (χ0) is 19.6. The number of nitrogens with one attached hydrogen (secondary N) is 1. The minimum Gasteiger partial charge on any atom is -0.454 e. The molecule has 0 aromatic heterocycles. The normalized spacial score (nSPS) is 21.8. The summed E-state index contributed by atoms with van der Waals surface area (Å²) in [6.45, 7) is -1.20. The summed E-state index contributed by atoms with van der Waals surface area (Å²) in [5.41, 5.74) is -0.141. The minimum absolute atomic E-state index is 0.141. The van der Waals surface area contributed by atoms with Crippen LogP contribution in [0.5, 0.6) is 0 Å². The van der Waals surface area contributed by atoms with Crippen molar-refractivity contribution in [2.45, 2.75) is 25.7 Å². The number of halogens is 2. The van der Waals surface area contributed by atoms with Crippen molar-refractivity contribution in [3.63, 3.8) is 0 Å². The molecule has 0 radical (unpaired) electrons. The Labute approximate surface area is 159 Å². The number of nitrogens with zero attached hydrogens (tertiary/aromatic N) is 1. The number of amides is 3. The van der Waals surface area contributed by atoms with Crippen molar-refractivity contribution < 1.29 is 28.3 Å². The molecule has 2 atom stereocenters. The maximum absolute atomic E-state index is 13.6. The summed E-state index contributed by atoms with van der Waals surface area (Å²) in [4.78, 5) is 49.2. The predicted molar refractivity (Wildman–Crippen MR) is 93.2 cm³/mol. The van der Waals surface area contributed by atoms with Crippen molar-refractivity contribution in [3.05, 3.63) is 29.0 Å². The number of imide groups is 1. The third-order valence-electron chi connectivity index (χ3n) is 4.79. The summed E-state index contributed by atoms with van der Waals surface area (Å²) in [7, 11) is 0. The van der Waals surface area contributed by atoms with Crippen molar-refractivity contribution in [2.75, 3.05) is 18.5 Å². The fraction of sp³-hybridized carbons (Fsp3) is 0.444. The number of fused-ring (bicyclic) bond motifs is 1. The van der Waals surface area contributed by atoms with Crippen LogP contribution >= 0.6 is 11.6 Å². The molecule has 1 aliphatic carbocycles. The molecule has 3 amide bonds. The van der Waals surface area contributed by atoms with E-state index in [2.05, 4.69) is 5.32 Å². The second-order valence-electron chi connectivity index (χ2n) is 6.59. The van der Waals surface area contributed by atoms with E-state index in [4.69, 9.17) is 16.3 Å². The van der Waals surface area contributed by atoms with Crippen LogP contribution in [-0.4, -0.2) is 41.7 Å². The molecule has 1 heterocycles. The third kappa shape index (κ3) is 4.27. The van der Waals surface area contributed by atoms with Crippen molar-refractivity contribution >= 4 is 41.0 Å². The molecule has 2 aliphatic rings. The Morgan fingerprint density at radius 1 is 1.19 bits per heavy atom. The fourth-order valence-electron chi connectivity index (χ4n) is 3.49. The van der Waals surface area contributed by atoms with Gasteiger partial charge in [0.2, 0.25) is 11.8 Å². The molecule has 1 saturated heterocycles. The highest BCUT2D eigenvalue weighted by molar-refractivity contribution is 6.30. The van der Waals surface area contributed by atoms with E-state index in [1.807, 2.05) is 0 Å². The molecule has 9 heteroatoms. The van der Waals surface area contributed by atoms with E-state index < -0.39 is 30.8 Å². The van der Waals surface area contributed by atoms with Gasteiger partial charge in [-0.15, -0.1) is 0 Å². The molecule has 7 nitrogen and oxygen atoms in total. The van der Waals surface area contributed by atoms with Gasteiger partial charge in [0.05, 0.1) is 17.5 Å². The Bertz CT molecular complexity index is 776. The molecule has 1 aliphatic heterocycles. The van der Waals surface area contributed by atoms with Crippen molar-refractivity contribution in [3.8, 4) is 0 Å². The summed E-state index contributed by atoms with van der Waals surface area (Å²) in [6, 6.07) is 3.64. The topological polar surface area (TPSA) is 92.8 Å². The monoisotopic (exact) mass is 396 g/mol. The lowest BCUT2D eigenvalue weighted by atomic mass is 9.81. The fourth-order valence-corrected chi connectivity index (χ4v) is 3.66. The smallest absolute Gasteiger partial charge is 0.326 e.